The molecule has 0 amide bonds. The van der Waals surface area contributed by atoms with E-state index in [-0.39, 0.29) is 16.4 Å². The van der Waals surface area contributed by atoms with Crippen molar-refractivity contribution >= 4 is 25.1 Å². The van der Waals surface area contributed by atoms with Crippen LogP contribution in [0.4, 0.5) is 0 Å². The fourth-order valence-electron chi connectivity index (χ4n) is 3.69. The highest BCUT2D eigenvalue weighted by Crippen LogP contribution is 2.41. The number of hydrogen-bond donors (Lipinski definition) is 0. The maximum atomic E-state index is 12.6. The summed E-state index contributed by atoms with van der Waals surface area (Å²) in [7, 11) is -2.10. The molecule has 0 bridgehead atoms. The molecule has 29 heavy (non-hydrogen) atoms. The normalized spacial score (nSPS) is 14.9. The number of carbonyl (C=O) groups excluding carboxylic acids is 1. The van der Waals surface area contributed by atoms with Gasteiger partial charge in [-0.2, -0.15) is 0 Å². The first-order valence-electron chi connectivity index (χ1n) is 10.9. The van der Waals surface area contributed by atoms with Crippen molar-refractivity contribution in [2.24, 2.45) is 0 Å². The molecular formula is C24H34O4Si. The first-order valence-corrected chi connectivity index (χ1v) is 13.8. The van der Waals surface area contributed by atoms with Crippen molar-refractivity contribution in [3.05, 3.63) is 39.2 Å². The Kier molecular flexibility index (Phi) is 6.09. The predicted molar refractivity (Wildman–Crippen MR) is 121 cm³/mol. The van der Waals surface area contributed by atoms with Crippen molar-refractivity contribution in [2.45, 2.75) is 90.8 Å². The minimum atomic E-state index is -2.10. The van der Waals surface area contributed by atoms with Crippen LogP contribution in [0.2, 0.25) is 18.1 Å². The first kappa shape index (κ1) is 21.8. The van der Waals surface area contributed by atoms with E-state index in [4.69, 9.17) is 8.84 Å². The molecule has 5 heteroatoms. The van der Waals surface area contributed by atoms with Gasteiger partial charge in [-0.1, -0.05) is 40.5 Å². The van der Waals surface area contributed by atoms with Gasteiger partial charge in [0.05, 0.1) is 5.39 Å². The third kappa shape index (κ3) is 4.50. The van der Waals surface area contributed by atoms with Gasteiger partial charge in [0.2, 0.25) is 0 Å². The maximum Gasteiger partial charge on any atom is 0.339 e. The summed E-state index contributed by atoms with van der Waals surface area (Å²) in [5, 5.41) is 0.875. The number of fused-ring (bicyclic) bond motifs is 3. The zero-order valence-electron chi connectivity index (χ0n) is 18.7. The average molecular weight is 415 g/mol. The van der Waals surface area contributed by atoms with Crippen molar-refractivity contribution < 1.29 is 13.6 Å². The number of aryl methyl sites for hydroxylation is 1. The zero-order chi connectivity index (χ0) is 21.4. The number of ketones is 1. The maximum absolute atomic E-state index is 12.6. The molecule has 3 rings (SSSR count). The van der Waals surface area contributed by atoms with E-state index in [1.807, 2.05) is 6.07 Å². The van der Waals surface area contributed by atoms with Crippen LogP contribution < -0.4 is 10.1 Å². The average Bonchev–Trinajstić information content (AvgIpc) is 2.60. The van der Waals surface area contributed by atoms with Crippen LogP contribution in [0.25, 0.3) is 11.0 Å². The summed E-state index contributed by atoms with van der Waals surface area (Å²) in [4.78, 5) is 24.8. The highest BCUT2D eigenvalue weighted by Gasteiger charge is 2.40. The van der Waals surface area contributed by atoms with Gasteiger partial charge in [-0.25, -0.2) is 4.79 Å². The van der Waals surface area contributed by atoms with Gasteiger partial charge in [0, 0.05) is 18.4 Å². The van der Waals surface area contributed by atoms with Gasteiger partial charge in [-0.05, 0) is 60.7 Å². The molecule has 158 valence electrons. The van der Waals surface area contributed by atoms with E-state index in [0.717, 1.165) is 41.5 Å². The summed E-state index contributed by atoms with van der Waals surface area (Å²) in [5.41, 5.74) is 2.86. The van der Waals surface area contributed by atoms with Crippen molar-refractivity contribution in [3.8, 4) is 5.75 Å². The van der Waals surface area contributed by atoms with Crippen LogP contribution in [0, 0.1) is 0 Å². The summed E-state index contributed by atoms with van der Waals surface area (Å²) in [6.45, 7) is 13.3. The van der Waals surface area contributed by atoms with Crippen LogP contribution >= 0.6 is 0 Å². The third-order valence-electron chi connectivity index (χ3n) is 6.51. The molecular weight excluding hydrogens is 380 g/mol. The highest BCUT2D eigenvalue weighted by molar-refractivity contribution is 6.74. The number of carbonyl (C=O) groups is 1. The van der Waals surface area contributed by atoms with Gasteiger partial charge in [-0.3, -0.25) is 4.79 Å². The lowest BCUT2D eigenvalue weighted by molar-refractivity contribution is -0.118. The monoisotopic (exact) mass is 414 g/mol. The van der Waals surface area contributed by atoms with E-state index >= 15 is 0 Å². The van der Waals surface area contributed by atoms with Crippen LogP contribution in [0.5, 0.6) is 5.75 Å². The van der Waals surface area contributed by atoms with E-state index in [2.05, 4.69) is 46.9 Å². The smallest absolute Gasteiger partial charge is 0.339 e. The lowest BCUT2D eigenvalue weighted by Gasteiger charge is -2.37. The Labute approximate surface area is 174 Å². The number of Topliss-reactive ketones (excluding diaryl/α,β-unsaturated/α-hetero) is 1. The molecule has 1 aliphatic carbocycles. The summed E-state index contributed by atoms with van der Waals surface area (Å²) >= 11 is 0. The van der Waals surface area contributed by atoms with Crippen LogP contribution in [-0.4, -0.2) is 14.1 Å². The molecule has 0 fully saturated rings. The summed E-state index contributed by atoms with van der Waals surface area (Å²) in [6.07, 6.45) is 5.51. The fraction of sp³-hybridized carbons (Fsp3) is 0.583. The molecule has 0 spiro atoms. The summed E-state index contributed by atoms with van der Waals surface area (Å²) in [6, 6.07) is 4.10. The quantitative estimate of drug-likeness (QED) is 0.332. The topological polar surface area (TPSA) is 56.5 Å². The Morgan fingerprint density at radius 2 is 1.79 bits per heavy atom. The van der Waals surface area contributed by atoms with Crippen LogP contribution in [0.1, 0.15) is 70.1 Å². The lowest BCUT2D eigenvalue weighted by atomic mass is 9.89. The van der Waals surface area contributed by atoms with Gasteiger partial charge >= 0.3 is 5.63 Å². The molecule has 1 aliphatic rings. The number of benzene rings is 1. The van der Waals surface area contributed by atoms with E-state index in [0.29, 0.717) is 30.4 Å². The van der Waals surface area contributed by atoms with E-state index in [9.17, 15) is 9.59 Å². The molecule has 4 nitrogen and oxygen atoms in total. The second-order valence-electron chi connectivity index (χ2n) is 9.85. The fourth-order valence-corrected chi connectivity index (χ4v) is 4.70. The summed E-state index contributed by atoms with van der Waals surface area (Å²) in [5.74, 6) is 0.963. The molecule has 1 aromatic heterocycles. The molecule has 0 radical (unpaired) electrons. The number of rotatable bonds is 6. The van der Waals surface area contributed by atoms with Crippen molar-refractivity contribution in [1.82, 2.24) is 0 Å². The molecule has 2 aromatic rings. The predicted octanol–water partition coefficient (Wildman–Crippen LogP) is 5.97. The second kappa shape index (κ2) is 8.09. The number of hydrogen-bond acceptors (Lipinski definition) is 4. The zero-order valence-corrected chi connectivity index (χ0v) is 19.7. The van der Waals surface area contributed by atoms with Crippen molar-refractivity contribution in [3.63, 3.8) is 0 Å². The Morgan fingerprint density at radius 1 is 1.07 bits per heavy atom. The molecule has 0 saturated heterocycles. The SMILES string of the molecule is CCCCCc1cc(O[Si](C)(C)C(C)(C)C)c2c3c(c(=O)oc2c1)CCC(=O)C3. The minimum absolute atomic E-state index is 0.0447. The van der Waals surface area contributed by atoms with E-state index in [1.165, 1.54) is 6.42 Å². The Bertz CT molecular complexity index is 979. The molecule has 1 aromatic carbocycles. The molecule has 0 unspecified atom stereocenters. The van der Waals surface area contributed by atoms with Crippen LogP contribution in [0.3, 0.4) is 0 Å². The van der Waals surface area contributed by atoms with Gasteiger partial charge < -0.3 is 8.84 Å². The molecule has 0 atom stereocenters. The van der Waals surface area contributed by atoms with Gasteiger partial charge in [0.1, 0.15) is 17.1 Å². The molecule has 1 heterocycles. The first-order chi connectivity index (χ1) is 13.5. The Morgan fingerprint density at radius 3 is 2.45 bits per heavy atom. The Hall–Kier alpha value is -1.88. The van der Waals surface area contributed by atoms with Gasteiger partial charge in [0.25, 0.3) is 8.32 Å². The highest BCUT2D eigenvalue weighted by atomic mass is 28.4. The third-order valence-corrected chi connectivity index (χ3v) is 10.9. The molecule has 0 N–H and O–H groups in total. The van der Waals surface area contributed by atoms with E-state index in [1.54, 1.807) is 0 Å². The van der Waals surface area contributed by atoms with Crippen molar-refractivity contribution in [1.29, 1.82) is 0 Å². The molecule has 0 saturated carbocycles. The van der Waals surface area contributed by atoms with Crippen molar-refractivity contribution in [2.75, 3.05) is 0 Å². The number of unbranched alkanes of at least 4 members (excludes halogenated alkanes) is 2. The Balaban J connectivity index is 2.21. The minimum Gasteiger partial charge on any atom is -0.543 e. The molecule has 0 aliphatic heterocycles. The lowest BCUT2D eigenvalue weighted by Crippen LogP contribution is -2.44. The van der Waals surface area contributed by atoms with E-state index < -0.39 is 8.32 Å². The standard InChI is InChI=1S/C24H34O4Si/c1-7-8-9-10-16-13-20-22(21(14-16)28-29(5,6)24(2,3)4)19-15-17(25)11-12-18(19)23(26)27-20/h13-14H,7-12,15H2,1-6H3. The van der Waals surface area contributed by atoms with Gasteiger partial charge in [-0.15, -0.1) is 0 Å². The second-order valence-corrected chi connectivity index (χ2v) is 14.6. The van der Waals surface area contributed by atoms with Crippen LogP contribution in [-0.2, 0) is 24.1 Å². The van der Waals surface area contributed by atoms with Gasteiger partial charge in [0.15, 0.2) is 0 Å². The largest absolute Gasteiger partial charge is 0.543 e. The summed E-state index contributed by atoms with van der Waals surface area (Å²) < 4.78 is 12.5. The van der Waals surface area contributed by atoms with Crippen LogP contribution in [0.15, 0.2) is 21.3 Å².